The molecular formula is C10H6ClF5O. The van der Waals surface area contributed by atoms with Crippen LogP contribution in [0.1, 0.15) is 34.8 Å². The zero-order valence-corrected chi connectivity index (χ0v) is 9.16. The zero-order chi connectivity index (χ0) is 13.4. The minimum atomic E-state index is -4.88. The van der Waals surface area contributed by atoms with E-state index in [0.717, 1.165) is 6.92 Å². The SMILES string of the molecule is CC(=O)c1cc(Cl)c(C(F)F)cc1C(F)(F)F. The van der Waals surface area contributed by atoms with Crippen molar-refractivity contribution in [1.82, 2.24) is 0 Å². The van der Waals surface area contributed by atoms with Crippen LogP contribution in [0.4, 0.5) is 22.0 Å². The average Bonchev–Trinajstić information content (AvgIpc) is 2.14. The smallest absolute Gasteiger partial charge is 0.294 e. The van der Waals surface area contributed by atoms with Gasteiger partial charge in [0.1, 0.15) is 0 Å². The molecule has 0 amide bonds. The van der Waals surface area contributed by atoms with Gasteiger partial charge in [-0.1, -0.05) is 11.6 Å². The zero-order valence-electron chi connectivity index (χ0n) is 8.41. The van der Waals surface area contributed by atoms with Gasteiger partial charge >= 0.3 is 6.18 Å². The van der Waals surface area contributed by atoms with Gasteiger partial charge in [-0.2, -0.15) is 13.2 Å². The molecule has 0 aromatic heterocycles. The maximum Gasteiger partial charge on any atom is 0.417 e. The lowest BCUT2D eigenvalue weighted by molar-refractivity contribution is -0.138. The maximum absolute atomic E-state index is 12.5. The van der Waals surface area contributed by atoms with E-state index in [1.54, 1.807) is 0 Å². The van der Waals surface area contributed by atoms with Crippen molar-refractivity contribution in [2.45, 2.75) is 19.5 Å². The van der Waals surface area contributed by atoms with Gasteiger partial charge in [0, 0.05) is 11.1 Å². The highest BCUT2D eigenvalue weighted by atomic mass is 35.5. The van der Waals surface area contributed by atoms with Crippen LogP contribution in [-0.2, 0) is 6.18 Å². The Morgan fingerprint density at radius 2 is 1.82 bits per heavy atom. The number of ketones is 1. The number of hydrogen-bond donors (Lipinski definition) is 0. The van der Waals surface area contributed by atoms with E-state index >= 15 is 0 Å². The highest BCUT2D eigenvalue weighted by Crippen LogP contribution is 2.38. The summed E-state index contributed by atoms with van der Waals surface area (Å²) in [6.45, 7) is 0.906. The first-order chi connectivity index (χ1) is 7.64. The third kappa shape index (κ3) is 2.94. The van der Waals surface area contributed by atoms with Crippen molar-refractivity contribution in [1.29, 1.82) is 0 Å². The minimum absolute atomic E-state index is 0.212. The predicted octanol–water partition coefficient (Wildman–Crippen LogP) is 4.50. The van der Waals surface area contributed by atoms with Gasteiger partial charge in [-0.25, -0.2) is 8.78 Å². The first-order valence-electron chi connectivity index (χ1n) is 4.34. The second-order valence-electron chi connectivity index (χ2n) is 3.27. The molecule has 0 unspecified atom stereocenters. The summed E-state index contributed by atoms with van der Waals surface area (Å²) < 4.78 is 62.4. The van der Waals surface area contributed by atoms with Crippen LogP contribution >= 0.6 is 11.6 Å². The number of carbonyl (C=O) groups excluding carboxylic acids is 1. The van der Waals surface area contributed by atoms with E-state index in [1.807, 2.05) is 0 Å². The van der Waals surface area contributed by atoms with Gasteiger partial charge in [-0.05, 0) is 19.1 Å². The fraction of sp³-hybridized carbons (Fsp3) is 0.300. The molecule has 7 heteroatoms. The van der Waals surface area contributed by atoms with Crippen molar-refractivity contribution in [3.8, 4) is 0 Å². The molecule has 94 valence electrons. The summed E-state index contributed by atoms with van der Waals surface area (Å²) in [5.74, 6) is -0.889. The summed E-state index contributed by atoms with van der Waals surface area (Å²) >= 11 is 5.39. The lowest BCUT2D eigenvalue weighted by Gasteiger charge is -2.14. The predicted molar refractivity (Wildman–Crippen MR) is 51.4 cm³/mol. The summed E-state index contributed by atoms with van der Waals surface area (Å²) in [6.07, 6.45) is -8.01. The Balaban J connectivity index is 3.54. The normalized spacial score (nSPS) is 12.0. The Kier molecular flexibility index (Phi) is 3.76. The molecular weight excluding hydrogens is 267 g/mol. The molecule has 0 spiro atoms. The molecule has 0 N–H and O–H groups in total. The van der Waals surface area contributed by atoms with Crippen molar-refractivity contribution in [3.05, 3.63) is 33.8 Å². The third-order valence-corrected chi connectivity index (χ3v) is 2.38. The fourth-order valence-corrected chi connectivity index (χ4v) is 1.53. The van der Waals surface area contributed by atoms with Crippen LogP contribution in [0.25, 0.3) is 0 Å². The van der Waals surface area contributed by atoms with Crippen LogP contribution in [0.2, 0.25) is 5.02 Å². The molecule has 1 aromatic carbocycles. The van der Waals surface area contributed by atoms with E-state index in [0.29, 0.717) is 6.07 Å². The van der Waals surface area contributed by atoms with E-state index < -0.39 is 40.1 Å². The summed E-state index contributed by atoms with van der Waals surface area (Å²) in [4.78, 5) is 11.0. The van der Waals surface area contributed by atoms with Crippen molar-refractivity contribution in [2.75, 3.05) is 0 Å². The number of Topliss-reactive ketones (excluding diaryl/α,β-unsaturated/α-hetero) is 1. The maximum atomic E-state index is 12.5. The largest absolute Gasteiger partial charge is 0.417 e. The third-order valence-electron chi connectivity index (χ3n) is 2.06. The molecule has 0 aliphatic rings. The fourth-order valence-electron chi connectivity index (χ4n) is 1.28. The van der Waals surface area contributed by atoms with Crippen molar-refractivity contribution in [2.24, 2.45) is 0 Å². The second kappa shape index (κ2) is 4.60. The van der Waals surface area contributed by atoms with E-state index in [4.69, 9.17) is 11.6 Å². The quantitative estimate of drug-likeness (QED) is 0.572. The van der Waals surface area contributed by atoms with Crippen LogP contribution in [-0.4, -0.2) is 5.78 Å². The molecule has 0 bridgehead atoms. The number of rotatable bonds is 2. The van der Waals surface area contributed by atoms with Gasteiger partial charge < -0.3 is 0 Å². The minimum Gasteiger partial charge on any atom is -0.294 e. The van der Waals surface area contributed by atoms with Crippen LogP contribution in [0.3, 0.4) is 0 Å². The second-order valence-corrected chi connectivity index (χ2v) is 3.68. The lowest BCUT2D eigenvalue weighted by atomic mass is 10.0. The van der Waals surface area contributed by atoms with E-state index in [-0.39, 0.29) is 6.07 Å². The van der Waals surface area contributed by atoms with E-state index in [1.165, 1.54) is 0 Å². The molecule has 0 aliphatic carbocycles. The number of carbonyl (C=O) groups is 1. The van der Waals surface area contributed by atoms with Crippen LogP contribution in [0, 0.1) is 0 Å². The van der Waals surface area contributed by atoms with E-state index in [9.17, 15) is 26.7 Å². The molecule has 1 aromatic rings. The Hall–Kier alpha value is -1.17. The summed E-state index contributed by atoms with van der Waals surface area (Å²) in [6, 6.07) is 0.831. The number of halogens is 6. The Bertz CT molecular complexity index is 453. The van der Waals surface area contributed by atoms with Crippen molar-refractivity contribution < 1.29 is 26.7 Å². The van der Waals surface area contributed by atoms with Gasteiger partial charge in [0.05, 0.1) is 10.6 Å². The number of hydrogen-bond acceptors (Lipinski definition) is 1. The highest BCUT2D eigenvalue weighted by Gasteiger charge is 2.36. The van der Waals surface area contributed by atoms with Crippen molar-refractivity contribution in [3.63, 3.8) is 0 Å². The van der Waals surface area contributed by atoms with Crippen LogP contribution in [0.5, 0.6) is 0 Å². The Labute approximate surface area is 98.2 Å². The Morgan fingerprint density at radius 3 is 2.18 bits per heavy atom. The molecule has 0 radical (unpaired) electrons. The average molecular weight is 273 g/mol. The molecule has 0 aliphatic heterocycles. The molecule has 0 atom stereocenters. The van der Waals surface area contributed by atoms with Gasteiger partial charge in [-0.3, -0.25) is 4.79 Å². The number of alkyl halides is 5. The molecule has 0 fully saturated rings. The summed E-state index contributed by atoms with van der Waals surface area (Å²) in [7, 11) is 0. The molecule has 0 saturated heterocycles. The summed E-state index contributed by atoms with van der Waals surface area (Å²) in [5, 5.41) is -0.557. The summed E-state index contributed by atoms with van der Waals surface area (Å²) in [5.41, 5.74) is -3.06. The van der Waals surface area contributed by atoms with Gasteiger partial charge in [0.15, 0.2) is 5.78 Å². The highest BCUT2D eigenvalue weighted by molar-refractivity contribution is 6.31. The van der Waals surface area contributed by atoms with Crippen LogP contribution in [0.15, 0.2) is 12.1 Å². The first-order valence-corrected chi connectivity index (χ1v) is 4.72. The molecule has 1 rings (SSSR count). The van der Waals surface area contributed by atoms with Gasteiger partial charge in [-0.15, -0.1) is 0 Å². The van der Waals surface area contributed by atoms with Gasteiger partial charge in [0.25, 0.3) is 6.43 Å². The van der Waals surface area contributed by atoms with E-state index in [2.05, 4.69) is 0 Å². The number of benzene rings is 1. The monoisotopic (exact) mass is 272 g/mol. The lowest BCUT2D eigenvalue weighted by Crippen LogP contribution is -2.13. The first kappa shape index (κ1) is 13.9. The molecule has 1 nitrogen and oxygen atoms in total. The Morgan fingerprint density at radius 1 is 1.29 bits per heavy atom. The van der Waals surface area contributed by atoms with Gasteiger partial charge in [0.2, 0.25) is 0 Å². The molecule has 0 saturated carbocycles. The standard InChI is InChI=1S/C10H6ClF5O/c1-4(17)5-3-8(11)6(9(12)13)2-7(5)10(14,15)16/h2-3,9H,1H3. The molecule has 0 heterocycles. The topological polar surface area (TPSA) is 17.1 Å². The van der Waals surface area contributed by atoms with Crippen LogP contribution < -0.4 is 0 Å². The molecule has 17 heavy (non-hydrogen) atoms. The van der Waals surface area contributed by atoms with Crippen molar-refractivity contribution >= 4 is 17.4 Å².